The average Bonchev–Trinajstić information content (AvgIpc) is 2.00. The van der Waals surface area contributed by atoms with Gasteiger partial charge in [-0.15, -0.1) is 0 Å². The van der Waals surface area contributed by atoms with E-state index in [0.717, 1.165) is 36.8 Å². The van der Waals surface area contributed by atoms with Crippen LogP contribution in [0.1, 0.15) is 5.69 Å². The first-order valence-electron chi connectivity index (χ1n) is 4.26. The Morgan fingerprint density at radius 3 is 3.00 bits per heavy atom. The van der Waals surface area contributed by atoms with Crippen molar-refractivity contribution in [2.75, 3.05) is 18.8 Å². The van der Waals surface area contributed by atoms with Crippen LogP contribution in [0.3, 0.4) is 0 Å². The largest absolute Gasteiger partial charge is 0.397 e. The van der Waals surface area contributed by atoms with Gasteiger partial charge >= 0.3 is 0 Å². The molecule has 3 nitrogen and oxygen atoms in total. The predicted molar refractivity (Wildman–Crippen MR) is 48.7 cm³/mol. The first-order valence-corrected chi connectivity index (χ1v) is 4.26. The van der Waals surface area contributed by atoms with E-state index in [1.165, 1.54) is 0 Å². The van der Waals surface area contributed by atoms with Crippen molar-refractivity contribution in [3.05, 3.63) is 24.0 Å². The second kappa shape index (κ2) is 3.11. The van der Waals surface area contributed by atoms with Gasteiger partial charge in [-0.25, -0.2) is 0 Å². The van der Waals surface area contributed by atoms with Gasteiger partial charge in [-0.3, -0.25) is 4.98 Å². The van der Waals surface area contributed by atoms with Crippen LogP contribution in [0.5, 0.6) is 0 Å². The first kappa shape index (κ1) is 7.55. The molecule has 2 heterocycles. The predicted octanol–water partition coefficient (Wildman–Crippen LogP) is 0.426. The zero-order valence-corrected chi connectivity index (χ0v) is 6.96. The van der Waals surface area contributed by atoms with Gasteiger partial charge in [-0.1, -0.05) is 0 Å². The number of nitrogen functional groups attached to an aromatic ring is 1. The summed E-state index contributed by atoms with van der Waals surface area (Å²) < 4.78 is 0. The van der Waals surface area contributed by atoms with E-state index in [1.54, 1.807) is 6.20 Å². The topological polar surface area (TPSA) is 50.9 Å². The van der Waals surface area contributed by atoms with Gasteiger partial charge in [0.15, 0.2) is 0 Å². The third-order valence-electron chi connectivity index (χ3n) is 2.27. The van der Waals surface area contributed by atoms with E-state index < -0.39 is 0 Å². The minimum absolute atomic E-state index is 0.738. The maximum absolute atomic E-state index is 5.76. The van der Waals surface area contributed by atoms with Crippen molar-refractivity contribution in [1.29, 1.82) is 0 Å². The van der Waals surface area contributed by atoms with Crippen LogP contribution in [0.25, 0.3) is 0 Å². The summed E-state index contributed by atoms with van der Waals surface area (Å²) in [5, 5.41) is 3.23. The van der Waals surface area contributed by atoms with E-state index in [1.807, 2.05) is 12.1 Å². The summed E-state index contributed by atoms with van der Waals surface area (Å²) in [7, 11) is 0. The van der Waals surface area contributed by atoms with Crippen molar-refractivity contribution < 1.29 is 0 Å². The Kier molecular flexibility index (Phi) is 1.96. The highest BCUT2D eigenvalue weighted by molar-refractivity contribution is 5.42. The first-order chi connectivity index (χ1) is 5.86. The lowest BCUT2D eigenvalue weighted by atomic mass is 9.96. The lowest BCUT2D eigenvalue weighted by Crippen LogP contribution is -2.43. The van der Waals surface area contributed by atoms with Crippen molar-refractivity contribution in [3.8, 4) is 0 Å². The van der Waals surface area contributed by atoms with Crippen molar-refractivity contribution in [3.63, 3.8) is 0 Å². The molecular formula is C9H13N3. The van der Waals surface area contributed by atoms with Crippen LogP contribution in [-0.2, 0) is 6.42 Å². The molecule has 64 valence electrons. The number of pyridine rings is 1. The van der Waals surface area contributed by atoms with E-state index in [9.17, 15) is 0 Å². The third kappa shape index (κ3) is 1.41. The molecule has 3 heteroatoms. The van der Waals surface area contributed by atoms with Crippen molar-refractivity contribution in [2.45, 2.75) is 6.42 Å². The van der Waals surface area contributed by atoms with E-state index in [0.29, 0.717) is 0 Å². The Hall–Kier alpha value is -1.09. The molecule has 0 unspecified atom stereocenters. The molecule has 1 aliphatic rings. The van der Waals surface area contributed by atoms with E-state index in [4.69, 9.17) is 5.73 Å². The van der Waals surface area contributed by atoms with Crippen LogP contribution in [0.15, 0.2) is 18.3 Å². The molecule has 1 fully saturated rings. The molecule has 1 saturated heterocycles. The van der Waals surface area contributed by atoms with Gasteiger partial charge in [0, 0.05) is 6.20 Å². The van der Waals surface area contributed by atoms with Gasteiger partial charge in [-0.2, -0.15) is 0 Å². The zero-order valence-electron chi connectivity index (χ0n) is 6.96. The molecule has 0 bridgehead atoms. The normalized spacial score (nSPS) is 17.3. The second-order valence-electron chi connectivity index (χ2n) is 3.27. The fourth-order valence-electron chi connectivity index (χ4n) is 1.39. The molecule has 1 aliphatic heterocycles. The van der Waals surface area contributed by atoms with Gasteiger partial charge in [-0.05, 0) is 37.6 Å². The number of hydrogen-bond donors (Lipinski definition) is 2. The Morgan fingerprint density at radius 2 is 2.42 bits per heavy atom. The van der Waals surface area contributed by atoms with Gasteiger partial charge in [0.2, 0.25) is 0 Å². The average molecular weight is 163 g/mol. The van der Waals surface area contributed by atoms with Crippen LogP contribution in [0.4, 0.5) is 5.69 Å². The number of anilines is 1. The molecule has 0 amide bonds. The Bertz CT molecular complexity index is 268. The Balaban J connectivity index is 2.06. The molecule has 0 spiro atoms. The Labute approximate surface area is 72.0 Å². The molecular weight excluding hydrogens is 150 g/mol. The standard InChI is InChI=1S/C9H13N3/c10-8-2-1-3-12-9(8)4-7-5-11-6-7/h1-3,7,11H,4-6,10H2. The monoisotopic (exact) mass is 163 g/mol. The van der Waals surface area contributed by atoms with Crippen LogP contribution >= 0.6 is 0 Å². The number of nitrogens with two attached hydrogens (primary N) is 1. The van der Waals surface area contributed by atoms with Gasteiger partial charge in [0.05, 0.1) is 11.4 Å². The summed E-state index contributed by atoms with van der Waals surface area (Å²) in [6.07, 6.45) is 2.82. The van der Waals surface area contributed by atoms with E-state index >= 15 is 0 Å². The van der Waals surface area contributed by atoms with Crippen molar-refractivity contribution >= 4 is 5.69 Å². The lowest BCUT2D eigenvalue weighted by molar-refractivity contribution is 0.344. The summed E-state index contributed by atoms with van der Waals surface area (Å²) in [5.74, 6) is 0.738. The smallest absolute Gasteiger partial charge is 0.0636 e. The maximum atomic E-state index is 5.76. The number of aromatic nitrogens is 1. The molecule has 12 heavy (non-hydrogen) atoms. The minimum atomic E-state index is 0.738. The summed E-state index contributed by atoms with van der Waals surface area (Å²) in [6, 6.07) is 3.78. The molecule has 2 rings (SSSR count). The highest BCUT2D eigenvalue weighted by Gasteiger charge is 2.18. The number of hydrogen-bond acceptors (Lipinski definition) is 3. The summed E-state index contributed by atoms with van der Waals surface area (Å²) in [4.78, 5) is 4.25. The molecule has 1 aromatic rings. The quantitative estimate of drug-likeness (QED) is 0.664. The molecule has 1 aromatic heterocycles. The fraction of sp³-hybridized carbons (Fsp3) is 0.444. The fourth-order valence-corrected chi connectivity index (χ4v) is 1.39. The molecule has 0 atom stereocenters. The highest BCUT2D eigenvalue weighted by atomic mass is 14.9. The van der Waals surface area contributed by atoms with Crippen LogP contribution in [0.2, 0.25) is 0 Å². The number of nitrogens with zero attached hydrogens (tertiary/aromatic N) is 1. The second-order valence-corrected chi connectivity index (χ2v) is 3.27. The van der Waals surface area contributed by atoms with Crippen LogP contribution < -0.4 is 11.1 Å². The number of rotatable bonds is 2. The lowest BCUT2D eigenvalue weighted by Gasteiger charge is -2.26. The number of nitrogens with one attached hydrogen (secondary N) is 1. The highest BCUT2D eigenvalue weighted by Crippen LogP contribution is 2.15. The third-order valence-corrected chi connectivity index (χ3v) is 2.27. The van der Waals surface area contributed by atoms with Crippen LogP contribution in [0, 0.1) is 5.92 Å². The summed E-state index contributed by atoms with van der Waals surface area (Å²) in [5.41, 5.74) is 7.63. The Morgan fingerprint density at radius 1 is 1.58 bits per heavy atom. The molecule has 0 saturated carbocycles. The minimum Gasteiger partial charge on any atom is -0.397 e. The van der Waals surface area contributed by atoms with Gasteiger partial charge in [0.1, 0.15) is 0 Å². The van der Waals surface area contributed by atoms with Crippen LogP contribution in [-0.4, -0.2) is 18.1 Å². The van der Waals surface area contributed by atoms with Gasteiger partial charge < -0.3 is 11.1 Å². The van der Waals surface area contributed by atoms with Gasteiger partial charge in [0.25, 0.3) is 0 Å². The molecule has 0 aliphatic carbocycles. The zero-order chi connectivity index (χ0) is 8.39. The summed E-state index contributed by atoms with van der Waals surface area (Å²) >= 11 is 0. The summed E-state index contributed by atoms with van der Waals surface area (Å²) in [6.45, 7) is 2.21. The van der Waals surface area contributed by atoms with Crippen molar-refractivity contribution in [1.82, 2.24) is 10.3 Å². The SMILES string of the molecule is Nc1cccnc1CC1CNC1. The maximum Gasteiger partial charge on any atom is 0.0636 e. The molecule has 0 aromatic carbocycles. The van der Waals surface area contributed by atoms with E-state index in [2.05, 4.69) is 10.3 Å². The van der Waals surface area contributed by atoms with E-state index in [-0.39, 0.29) is 0 Å². The van der Waals surface area contributed by atoms with Crippen molar-refractivity contribution in [2.24, 2.45) is 5.92 Å². The molecule has 3 N–H and O–H groups in total. The molecule has 0 radical (unpaired) electrons.